The third kappa shape index (κ3) is 5.97. The standard InChI is InChI=1S/C31H37BrN4O3/c1-4-39-34-29(22-5-7-24(32)8-6-22)23-12-17-36(18-13-23)31(2)14-19-35(20-15-31)30(37)27-11-16-33-28-21-25(38-3)9-10-26(27)28/h5-11,16,21,23H,4,12-15,17-20H2,1-3H3/b34-29-. The molecule has 0 N–H and O–H groups in total. The minimum absolute atomic E-state index is 0.0830. The number of nitrogens with zero attached hydrogens (tertiary/aromatic N) is 4. The van der Waals surface area contributed by atoms with Crippen molar-refractivity contribution in [1.29, 1.82) is 0 Å². The fourth-order valence-corrected chi connectivity index (χ4v) is 6.19. The molecule has 206 valence electrons. The summed E-state index contributed by atoms with van der Waals surface area (Å²) in [6.45, 7) is 8.46. The van der Waals surface area contributed by atoms with Crippen LogP contribution in [0.25, 0.3) is 10.9 Å². The molecule has 2 aliphatic rings. The molecule has 2 aliphatic heterocycles. The van der Waals surface area contributed by atoms with Gasteiger partial charge in [0.1, 0.15) is 12.4 Å². The van der Waals surface area contributed by atoms with Crippen molar-refractivity contribution in [2.24, 2.45) is 11.1 Å². The fraction of sp³-hybridized carbons (Fsp3) is 0.452. The van der Waals surface area contributed by atoms with Gasteiger partial charge in [-0.1, -0.05) is 33.2 Å². The van der Waals surface area contributed by atoms with Crippen molar-refractivity contribution >= 4 is 38.5 Å². The van der Waals surface area contributed by atoms with Gasteiger partial charge in [-0.05, 0) is 88.5 Å². The number of carbonyl (C=O) groups excluding carboxylic acids is 1. The van der Waals surface area contributed by atoms with Gasteiger partial charge < -0.3 is 14.5 Å². The summed E-state index contributed by atoms with van der Waals surface area (Å²) in [6, 6.07) is 15.9. The average molecular weight is 594 g/mol. The van der Waals surface area contributed by atoms with Gasteiger partial charge in [0, 0.05) is 46.7 Å². The summed E-state index contributed by atoms with van der Waals surface area (Å²) in [7, 11) is 1.64. The first-order valence-electron chi connectivity index (χ1n) is 13.8. The molecule has 5 rings (SSSR count). The summed E-state index contributed by atoms with van der Waals surface area (Å²) in [5, 5.41) is 5.41. The topological polar surface area (TPSA) is 67.3 Å². The Bertz CT molecular complexity index is 1330. The molecule has 0 radical (unpaired) electrons. The Morgan fingerprint density at radius 1 is 1.08 bits per heavy atom. The number of likely N-dealkylation sites (tertiary alicyclic amines) is 2. The summed E-state index contributed by atoms with van der Waals surface area (Å²) >= 11 is 3.53. The van der Waals surface area contributed by atoms with Crippen molar-refractivity contribution < 1.29 is 14.4 Å². The number of methoxy groups -OCH3 is 1. The Kier molecular flexibility index (Phi) is 8.52. The van der Waals surface area contributed by atoms with E-state index in [2.05, 4.69) is 62.2 Å². The molecule has 8 heteroatoms. The van der Waals surface area contributed by atoms with Gasteiger partial charge in [0.15, 0.2) is 0 Å². The molecule has 3 heterocycles. The number of aromatic nitrogens is 1. The highest BCUT2D eigenvalue weighted by Gasteiger charge is 2.39. The number of hydrogen-bond acceptors (Lipinski definition) is 6. The molecule has 1 amide bonds. The number of oxime groups is 1. The lowest BCUT2D eigenvalue weighted by Crippen LogP contribution is -2.56. The van der Waals surface area contributed by atoms with Crippen LogP contribution in [0.15, 0.2) is 64.4 Å². The lowest BCUT2D eigenvalue weighted by atomic mass is 9.82. The van der Waals surface area contributed by atoms with Crippen LogP contribution in [-0.4, -0.2) is 71.8 Å². The first kappa shape index (κ1) is 27.6. The Balaban J connectivity index is 1.22. The minimum Gasteiger partial charge on any atom is -0.497 e. The Labute approximate surface area is 239 Å². The normalized spacial score (nSPS) is 18.8. The molecule has 1 aromatic heterocycles. The number of pyridine rings is 1. The van der Waals surface area contributed by atoms with Crippen LogP contribution in [0.1, 0.15) is 55.5 Å². The second-order valence-corrected chi connectivity index (χ2v) is 11.6. The zero-order chi connectivity index (χ0) is 27.4. The Morgan fingerprint density at radius 2 is 1.79 bits per heavy atom. The van der Waals surface area contributed by atoms with Crippen LogP contribution in [0.5, 0.6) is 5.75 Å². The highest BCUT2D eigenvalue weighted by Crippen LogP contribution is 2.34. The molecule has 0 atom stereocenters. The number of amides is 1. The third-order valence-corrected chi connectivity index (χ3v) is 8.91. The number of benzene rings is 2. The van der Waals surface area contributed by atoms with E-state index in [0.29, 0.717) is 18.1 Å². The van der Waals surface area contributed by atoms with Crippen LogP contribution in [0.4, 0.5) is 0 Å². The van der Waals surface area contributed by atoms with E-state index in [-0.39, 0.29) is 11.4 Å². The SMILES string of the molecule is CCO/N=C(/c1ccc(Br)cc1)C1CCN(C2(C)CCN(C(=O)c3ccnc4cc(OC)ccc34)CC2)CC1. The van der Waals surface area contributed by atoms with Gasteiger partial charge in [-0.2, -0.15) is 0 Å². The number of fused-ring (bicyclic) bond motifs is 1. The summed E-state index contributed by atoms with van der Waals surface area (Å²) in [5.41, 5.74) is 3.76. The maximum absolute atomic E-state index is 13.5. The highest BCUT2D eigenvalue weighted by molar-refractivity contribution is 9.10. The maximum Gasteiger partial charge on any atom is 0.254 e. The number of ether oxygens (including phenoxy) is 1. The van der Waals surface area contributed by atoms with Crippen LogP contribution in [-0.2, 0) is 4.84 Å². The zero-order valence-corrected chi connectivity index (χ0v) is 24.6. The second-order valence-electron chi connectivity index (χ2n) is 10.7. The smallest absolute Gasteiger partial charge is 0.254 e. The molecule has 2 saturated heterocycles. The molecular weight excluding hydrogens is 556 g/mol. The molecule has 7 nitrogen and oxygen atoms in total. The van der Waals surface area contributed by atoms with Crippen molar-refractivity contribution in [3.63, 3.8) is 0 Å². The maximum atomic E-state index is 13.5. The van der Waals surface area contributed by atoms with Crippen molar-refractivity contribution in [2.75, 3.05) is 39.9 Å². The monoisotopic (exact) mass is 592 g/mol. The van der Waals surface area contributed by atoms with Crippen LogP contribution in [0.2, 0.25) is 0 Å². The molecule has 2 aromatic carbocycles. The van der Waals surface area contributed by atoms with Crippen molar-refractivity contribution in [3.05, 3.63) is 70.3 Å². The summed E-state index contributed by atoms with van der Waals surface area (Å²) in [6.07, 6.45) is 5.74. The first-order chi connectivity index (χ1) is 18.9. The van der Waals surface area contributed by atoms with Gasteiger partial charge >= 0.3 is 0 Å². The molecule has 2 fully saturated rings. The molecular formula is C31H37BrN4O3. The molecule has 0 unspecified atom stereocenters. The van der Waals surface area contributed by atoms with E-state index in [9.17, 15) is 4.79 Å². The van der Waals surface area contributed by atoms with Crippen LogP contribution in [0.3, 0.4) is 0 Å². The van der Waals surface area contributed by atoms with E-state index < -0.39 is 0 Å². The third-order valence-electron chi connectivity index (χ3n) is 8.39. The highest BCUT2D eigenvalue weighted by atomic mass is 79.9. The fourth-order valence-electron chi connectivity index (χ4n) is 5.93. The predicted molar refractivity (Wildman–Crippen MR) is 158 cm³/mol. The molecule has 0 bridgehead atoms. The van der Waals surface area contributed by atoms with Gasteiger partial charge in [-0.25, -0.2) is 0 Å². The predicted octanol–water partition coefficient (Wildman–Crippen LogP) is 6.15. The number of piperidine rings is 2. The molecule has 3 aromatic rings. The molecule has 0 spiro atoms. The molecule has 0 aliphatic carbocycles. The van der Waals surface area contributed by atoms with E-state index in [4.69, 9.17) is 9.57 Å². The Morgan fingerprint density at radius 3 is 2.46 bits per heavy atom. The van der Waals surface area contributed by atoms with Crippen molar-refractivity contribution in [1.82, 2.24) is 14.8 Å². The van der Waals surface area contributed by atoms with E-state index in [1.54, 1.807) is 13.3 Å². The second kappa shape index (κ2) is 12.0. The molecule has 39 heavy (non-hydrogen) atoms. The van der Waals surface area contributed by atoms with Crippen LogP contribution in [0, 0.1) is 5.92 Å². The van der Waals surface area contributed by atoms with E-state index in [1.165, 1.54) is 0 Å². The summed E-state index contributed by atoms with van der Waals surface area (Å²) in [4.78, 5) is 28.2. The van der Waals surface area contributed by atoms with E-state index in [0.717, 1.165) is 84.3 Å². The lowest BCUT2D eigenvalue weighted by Gasteiger charge is -2.49. The van der Waals surface area contributed by atoms with Crippen LogP contribution < -0.4 is 4.74 Å². The largest absolute Gasteiger partial charge is 0.497 e. The van der Waals surface area contributed by atoms with Crippen molar-refractivity contribution in [3.8, 4) is 5.75 Å². The van der Waals surface area contributed by atoms with Gasteiger partial charge in [-0.15, -0.1) is 0 Å². The lowest BCUT2D eigenvalue weighted by molar-refractivity contribution is 0.0162. The van der Waals surface area contributed by atoms with Crippen molar-refractivity contribution in [2.45, 2.75) is 45.1 Å². The average Bonchev–Trinajstić information content (AvgIpc) is 2.98. The quantitative estimate of drug-likeness (QED) is 0.243. The number of halogens is 1. The van der Waals surface area contributed by atoms with Gasteiger partial charge in [0.05, 0.1) is 23.9 Å². The van der Waals surface area contributed by atoms with Gasteiger partial charge in [0.25, 0.3) is 5.91 Å². The van der Waals surface area contributed by atoms with Gasteiger partial charge in [-0.3, -0.25) is 14.7 Å². The first-order valence-corrected chi connectivity index (χ1v) is 14.6. The minimum atomic E-state index is 0.0830. The van der Waals surface area contributed by atoms with E-state index in [1.807, 2.05) is 36.1 Å². The Hall–Kier alpha value is -2.97. The number of rotatable bonds is 7. The number of hydrogen-bond donors (Lipinski definition) is 0. The summed E-state index contributed by atoms with van der Waals surface area (Å²) < 4.78 is 6.39. The zero-order valence-electron chi connectivity index (χ0n) is 23.0. The molecule has 0 saturated carbocycles. The van der Waals surface area contributed by atoms with Gasteiger partial charge in [0.2, 0.25) is 0 Å². The van der Waals surface area contributed by atoms with Crippen LogP contribution >= 0.6 is 15.9 Å². The summed E-state index contributed by atoms with van der Waals surface area (Å²) in [5.74, 6) is 1.20. The number of carbonyl (C=O) groups is 1. The van der Waals surface area contributed by atoms with E-state index >= 15 is 0 Å².